The van der Waals surface area contributed by atoms with Gasteiger partial charge in [0.05, 0.1) is 11.9 Å². The van der Waals surface area contributed by atoms with Gasteiger partial charge in [-0.05, 0) is 48.0 Å². The maximum absolute atomic E-state index is 13.9. The first-order valence-electron chi connectivity index (χ1n) is 8.25. The number of fused-ring (bicyclic) bond motifs is 4. The van der Waals surface area contributed by atoms with Gasteiger partial charge >= 0.3 is 0 Å². The quantitative estimate of drug-likeness (QED) is 0.678. The van der Waals surface area contributed by atoms with Crippen LogP contribution in [-0.4, -0.2) is 21.6 Å². The maximum Gasteiger partial charge on any atom is 0.240 e. The summed E-state index contributed by atoms with van der Waals surface area (Å²) in [7, 11) is 0. The predicted octanol–water partition coefficient (Wildman–Crippen LogP) is 3.25. The van der Waals surface area contributed by atoms with Crippen molar-refractivity contribution in [2.75, 3.05) is 10.6 Å². The number of nitrogens with one attached hydrogen (secondary N) is 2. The second-order valence-corrected chi connectivity index (χ2v) is 7.01. The second-order valence-electron chi connectivity index (χ2n) is 6.57. The van der Waals surface area contributed by atoms with E-state index in [-0.39, 0.29) is 18.2 Å². The van der Waals surface area contributed by atoms with Crippen molar-refractivity contribution in [2.45, 2.75) is 11.8 Å². The molecule has 2 aliphatic heterocycles. The third kappa shape index (κ3) is 2.15. The number of hydrogen-bond acceptors (Lipinski definition) is 3. The molecule has 6 nitrogen and oxygen atoms in total. The van der Waals surface area contributed by atoms with Gasteiger partial charge in [-0.1, -0.05) is 11.6 Å². The smallest absolute Gasteiger partial charge is 0.240 e. The monoisotopic (exact) mass is 382 g/mol. The summed E-state index contributed by atoms with van der Waals surface area (Å²) < 4.78 is 15.5. The largest absolute Gasteiger partial charge is 0.325 e. The lowest BCUT2D eigenvalue weighted by Crippen LogP contribution is -2.43. The van der Waals surface area contributed by atoms with E-state index in [9.17, 15) is 14.0 Å². The molecular weight excluding hydrogens is 371 g/mol. The van der Waals surface area contributed by atoms with Gasteiger partial charge in [0.1, 0.15) is 17.1 Å². The number of carbonyl (C=O) groups excluding carboxylic acids is 2. The van der Waals surface area contributed by atoms with Gasteiger partial charge in [0.25, 0.3) is 0 Å². The second kappa shape index (κ2) is 5.40. The minimum atomic E-state index is -1.31. The normalized spacial score (nSPS) is 20.2. The molecule has 0 saturated carbocycles. The SMILES string of the molecule is O=C1C[C@]2(C(=O)Nc3ccc(F)cc32)c2cnn(-c3ccc(Cl)cc3)c2N1. The molecule has 2 N–H and O–H groups in total. The fourth-order valence-corrected chi connectivity index (χ4v) is 3.97. The van der Waals surface area contributed by atoms with Gasteiger partial charge in [0.15, 0.2) is 0 Å². The lowest BCUT2D eigenvalue weighted by Gasteiger charge is -2.31. The highest BCUT2D eigenvalue weighted by Gasteiger charge is 2.54. The van der Waals surface area contributed by atoms with Gasteiger partial charge in [0.2, 0.25) is 11.8 Å². The van der Waals surface area contributed by atoms with E-state index in [0.717, 1.165) is 0 Å². The molecule has 27 heavy (non-hydrogen) atoms. The highest BCUT2D eigenvalue weighted by atomic mass is 35.5. The number of aromatic nitrogens is 2. The van der Waals surface area contributed by atoms with Crippen LogP contribution in [0.1, 0.15) is 17.5 Å². The molecule has 0 unspecified atom stereocenters. The Hall–Kier alpha value is -3.19. The molecule has 3 heterocycles. The highest BCUT2D eigenvalue weighted by Crippen LogP contribution is 2.50. The van der Waals surface area contributed by atoms with Gasteiger partial charge in [-0.2, -0.15) is 5.10 Å². The summed E-state index contributed by atoms with van der Waals surface area (Å²) >= 11 is 5.94. The highest BCUT2D eigenvalue weighted by molar-refractivity contribution is 6.30. The molecule has 0 saturated heterocycles. The number of nitrogens with zero attached hydrogens (tertiary/aromatic N) is 2. The summed E-state index contributed by atoms with van der Waals surface area (Å²) in [6, 6.07) is 11.0. The van der Waals surface area contributed by atoms with E-state index < -0.39 is 11.2 Å². The van der Waals surface area contributed by atoms with Crippen LogP contribution in [-0.2, 0) is 15.0 Å². The Balaban J connectivity index is 1.76. The van der Waals surface area contributed by atoms with E-state index in [1.165, 1.54) is 22.9 Å². The number of halogens is 2. The van der Waals surface area contributed by atoms with E-state index in [1.807, 2.05) is 0 Å². The molecule has 0 fully saturated rings. The van der Waals surface area contributed by atoms with Gasteiger partial charge < -0.3 is 10.6 Å². The number of benzene rings is 2. The zero-order valence-electron chi connectivity index (χ0n) is 13.8. The van der Waals surface area contributed by atoms with E-state index in [0.29, 0.717) is 33.3 Å². The molecule has 134 valence electrons. The van der Waals surface area contributed by atoms with Crippen LogP contribution in [0.15, 0.2) is 48.7 Å². The molecule has 2 aliphatic rings. The summed E-state index contributed by atoms with van der Waals surface area (Å²) in [4.78, 5) is 25.5. The number of anilines is 2. The summed E-state index contributed by atoms with van der Waals surface area (Å²) in [5, 5.41) is 10.5. The van der Waals surface area contributed by atoms with Crippen molar-refractivity contribution in [3.63, 3.8) is 0 Å². The number of carbonyl (C=O) groups is 2. The molecule has 0 radical (unpaired) electrons. The van der Waals surface area contributed by atoms with Crippen LogP contribution >= 0.6 is 11.6 Å². The Bertz CT molecular complexity index is 1130. The zero-order valence-corrected chi connectivity index (χ0v) is 14.5. The summed E-state index contributed by atoms with van der Waals surface area (Å²) in [5.41, 5.74) is 0.843. The van der Waals surface area contributed by atoms with Crippen molar-refractivity contribution in [3.05, 3.63) is 70.6 Å². The Morgan fingerprint density at radius 1 is 1.07 bits per heavy atom. The standard InChI is InChI=1S/C19H12ClFN4O2/c20-10-1-4-12(5-2-10)25-17-14(9-22-25)19(8-16(26)24-17)13-7-11(21)3-6-15(13)23-18(19)27/h1-7,9H,8H2,(H,23,27)(H,24,26)/t19-/m1/s1. The third-order valence-corrected chi connectivity index (χ3v) is 5.31. The van der Waals surface area contributed by atoms with E-state index in [1.54, 1.807) is 30.5 Å². The molecule has 1 aromatic heterocycles. The molecule has 0 bridgehead atoms. The van der Waals surface area contributed by atoms with Crippen LogP contribution in [0.5, 0.6) is 0 Å². The van der Waals surface area contributed by atoms with Crippen molar-refractivity contribution in [1.29, 1.82) is 0 Å². The van der Waals surface area contributed by atoms with Crippen molar-refractivity contribution < 1.29 is 14.0 Å². The average Bonchev–Trinajstić information content (AvgIpc) is 3.17. The molecule has 3 aromatic rings. The fraction of sp³-hybridized carbons (Fsp3) is 0.105. The number of amides is 2. The van der Waals surface area contributed by atoms with Crippen molar-refractivity contribution in [3.8, 4) is 5.69 Å². The molecule has 2 aromatic carbocycles. The zero-order chi connectivity index (χ0) is 18.8. The first kappa shape index (κ1) is 16.0. The fourth-order valence-electron chi connectivity index (χ4n) is 3.84. The lowest BCUT2D eigenvalue weighted by molar-refractivity contribution is -0.125. The molecular formula is C19H12ClFN4O2. The first-order valence-corrected chi connectivity index (χ1v) is 8.62. The summed E-state index contributed by atoms with van der Waals surface area (Å²) in [6.45, 7) is 0. The van der Waals surface area contributed by atoms with E-state index in [4.69, 9.17) is 11.6 Å². The predicted molar refractivity (Wildman–Crippen MR) is 97.6 cm³/mol. The van der Waals surface area contributed by atoms with Gasteiger partial charge in [-0.25, -0.2) is 9.07 Å². The van der Waals surface area contributed by atoms with Crippen LogP contribution in [0.4, 0.5) is 15.9 Å². The van der Waals surface area contributed by atoms with Crippen molar-refractivity contribution in [1.82, 2.24) is 9.78 Å². The Kier molecular flexibility index (Phi) is 3.21. The minimum absolute atomic E-state index is 0.116. The number of hydrogen-bond donors (Lipinski definition) is 2. The molecule has 1 atom stereocenters. The van der Waals surface area contributed by atoms with Gasteiger partial charge in [0, 0.05) is 22.7 Å². The summed E-state index contributed by atoms with van der Waals surface area (Å²) in [5.74, 6) is -0.789. The average molecular weight is 383 g/mol. The molecule has 2 amide bonds. The van der Waals surface area contributed by atoms with Crippen molar-refractivity contribution in [2.24, 2.45) is 0 Å². The van der Waals surface area contributed by atoms with Crippen LogP contribution in [0.25, 0.3) is 5.69 Å². The van der Waals surface area contributed by atoms with Crippen LogP contribution in [0.3, 0.4) is 0 Å². The van der Waals surface area contributed by atoms with Gasteiger partial charge in [-0.3, -0.25) is 9.59 Å². The Morgan fingerprint density at radius 2 is 1.85 bits per heavy atom. The molecule has 1 spiro atoms. The number of rotatable bonds is 1. The topological polar surface area (TPSA) is 76.0 Å². The maximum atomic E-state index is 13.9. The Morgan fingerprint density at radius 3 is 2.63 bits per heavy atom. The molecule has 0 aliphatic carbocycles. The van der Waals surface area contributed by atoms with Crippen molar-refractivity contribution >= 4 is 34.9 Å². The van der Waals surface area contributed by atoms with Crippen LogP contribution in [0.2, 0.25) is 5.02 Å². The summed E-state index contributed by atoms with van der Waals surface area (Å²) in [6.07, 6.45) is 1.43. The van der Waals surface area contributed by atoms with E-state index >= 15 is 0 Å². The van der Waals surface area contributed by atoms with E-state index in [2.05, 4.69) is 15.7 Å². The lowest BCUT2D eigenvalue weighted by atomic mass is 9.72. The third-order valence-electron chi connectivity index (χ3n) is 5.06. The van der Waals surface area contributed by atoms with Gasteiger partial charge in [-0.15, -0.1) is 0 Å². The first-order chi connectivity index (χ1) is 13.0. The molecule has 8 heteroatoms. The van der Waals surface area contributed by atoms with Crippen LogP contribution in [0, 0.1) is 5.82 Å². The van der Waals surface area contributed by atoms with Crippen LogP contribution < -0.4 is 10.6 Å². The minimum Gasteiger partial charge on any atom is -0.325 e. The molecule has 5 rings (SSSR count). The Labute approximate surface area is 157 Å².